The predicted octanol–water partition coefficient (Wildman–Crippen LogP) is -0.237. The van der Waals surface area contributed by atoms with Crippen LogP contribution in [0.4, 0.5) is 0 Å². The molecule has 0 amide bonds. The summed E-state index contributed by atoms with van der Waals surface area (Å²) in [7, 11) is -2.72. The summed E-state index contributed by atoms with van der Waals surface area (Å²) < 4.78 is 33.8. The Morgan fingerprint density at radius 2 is 1.78 bits per heavy atom. The van der Waals surface area contributed by atoms with Crippen molar-refractivity contribution in [2.75, 3.05) is 26.0 Å². The van der Waals surface area contributed by atoms with Crippen molar-refractivity contribution in [3.63, 3.8) is 0 Å². The lowest BCUT2D eigenvalue weighted by Gasteiger charge is -2.24. The summed E-state index contributed by atoms with van der Waals surface area (Å²) in [5, 5.41) is 0. The number of ether oxygens (including phenoxy) is 2. The van der Waals surface area contributed by atoms with E-state index >= 15 is 0 Å². The first kappa shape index (κ1) is 16.9. The number of esters is 2. The van der Waals surface area contributed by atoms with Crippen LogP contribution in [0.5, 0.6) is 0 Å². The van der Waals surface area contributed by atoms with Crippen LogP contribution in [0, 0.1) is 0 Å². The van der Waals surface area contributed by atoms with Crippen molar-refractivity contribution in [3.05, 3.63) is 0 Å². The van der Waals surface area contributed by atoms with E-state index in [1.807, 2.05) is 0 Å². The van der Waals surface area contributed by atoms with E-state index in [9.17, 15) is 18.0 Å². The SMILES string of the molecule is CCOC(=O)CS(=O)(=O)N(CC(=O)OC)C(C)C. The van der Waals surface area contributed by atoms with Crippen molar-refractivity contribution in [1.29, 1.82) is 0 Å². The fourth-order valence-electron chi connectivity index (χ4n) is 1.23. The largest absolute Gasteiger partial charge is 0.468 e. The quantitative estimate of drug-likeness (QED) is 0.598. The third-order valence-electron chi connectivity index (χ3n) is 2.05. The number of hydrogen-bond donors (Lipinski definition) is 0. The summed E-state index contributed by atoms with van der Waals surface area (Å²) in [6.45, 7) is 4.47. The van der Waals surface area contributed by atoms with E-state index in [0.717, 1.165) is 4.31 Å². The second-order valence-corrected chi connectivity index (χ2v) is 5.70. The third kappa shape index (κ3) is 5.46. The lowest BCUT2D eigenvalue weighted by Crippen LogP contribution is -2.43. The van der Waals surface area contributed by atoms with E-state index in [4.69, 9.17) is 0 Å². The number of carbonyl (C=O) groups excluding carboxylic acids is 2. The van der Waals surface area contributed by atoms with Gasteiger partial charge < -0.3 is 9.47 Å². The summed E-state index contributed by atoms with van der Waals surface area (Å²) in [4.78, 5) is 22.3. The van der Waals surface area contributed by atoms with Gasteiger partial charge in [-0.25, -0.2) is 8.42 Å². The molecule has 18 heavy (non-hydrogen) atoms. The average molecular weight is 281 g/mol. The number of hydrogen-bond acceptors (Lipinski definition) is 6. The van der Waals surface area contributed by atoms with Gasteiger partial charge in [-0.05, 0) is 20.8 Å². The number of nitrogens with zero attached hydrogens (tertiary/aromatic N) is 1. The van der Waals surface area contributed by atoms with Crippen molar-refractivity contribution in [2.45, 2.75) is 26.8 Å². The first-order valence-corrected chi connectivity index (χ1v) is 7.07. The van der Waals surface area contributed by atoms with Crippen molar-refractivity contribution < 1.29 is 27.5 Å². The molecule has 0 unspecified atom stereocenters. The summed E-state index contributed by atoms with van der Waals surface area (Å²) in [5.41, 5.74) is 0. The fourth-order valence-corrected chi connectivity index (χ4v) is 2.72. The molecule has 0 aromatic carbocycles. The highest BCUT2D eigenvalue weighted by Crippen LogP contribution is 2.08. The number of methoxy groups -OCH3 is 1. The smallest absolute Gasteiger partial charge is 0.322 e. The maximum absolute atomic E-state index is 11.9. The molecule has 8 heteroatoms. The van der Waals surface area contributed by atoms with Crippen molar-refractivity contribution in [2.24, 2.45) is 0 Å². The lowest BCUT2D eigenvalue weighted by atomic mass is 10.4. The van der Waals surface area contributed by atoms with Crippen LogP contribution in [-0.4, -0.2) is 56.7 Å². The minimum absolute atomic E-state index is 0.104. The normalized spacial score (nSPS) is 11.7. The second-order valence-electron chi connectivity index (χ2n) is 3.78. The second kappa shape index (κ2) is 7.32. The van der Waals surface area contributed by atoms with E-state index in [1.54, 1.807) is 20.8 Å². The zero-order valence-electron chi connectivity index (χ0n) is 11.0. The van der Waals surface area contributed by atoms with Crippen LogP contribution in [0.2, 0.25) is 0 Å². The molecule has 0 fully saturated rings. The molecular weight excluding hydrogens is 262 g/mol. The summed E-state index contributed by atoms with van der Waals surface area (Å²) in [6.07, 6.45) is 0. The highest BCUT2D eigenvalue weighted by molar-refractivity contribution is 7.89. The van der Waals surface area contributed by atoms with Gasteiger partial charge in [0.15, 0.2) is 5.75 Å². The van der Waals surface area contributed by atoms with Crippen LogP contribution in [-0.2, 0) is 29.1 Å². The maximum atomic E-state index is 11.9. The molecule has 0 bridgehead atoms. The molecule has 0 aliphatic heterocycles. The average Bonchev–Trinajstić information content (AvgIpc) is 2.24. The Hall–Kier alpha value is -1.15. The molecule has 0 aromatic rings. The summed E-state index contributed by atoms with van der Waals surface area (Å²) in [5.74, 6) is -2.31. The molecule has 0 rings (SSSR count). The fraction of sp³-hybridized carbons (Fsp3) is 0.800. The highest BCUT2D eigenvalue weighted by atomic mass is 32.2. The van der Waals surface area contributed by atoms with Crippen LogP contribution in [0.3, 0.4) is 0 Å². The minimum atomic E-state index is -3.89. The van der Waals surface area contributed by atoms with E-state index in [0.29, 0.717) is 0 Å². The van der Waals surface area contributed by atoms with E-state index in [1.165, 1.54) is 7.11 Å². The van der Waals surface area contributed by atoms with Gasteiger partial charge in [-0.3, -0.25) is 9.59 Å². The van der Waals surface area contributed by atoms with Gasteiger partial charge in [0.2, 0.25) is 10.0 Å². The van der Waals surface area contributed by atoms with Gasteiger partial charge in [0.1, 0.15) is 6.54 Å². The minimum Gasteiger partial charge on any atom is -0.468 e. The molecule has 7 nitrogen and oxygen atoms in total. The number of carbonyl (C=O) groups is 2. The van der Waals surface area contributed by atoms with Crippen molar-refractivity contribution >= 4 is 22.0 Å². The van der Waals surface area contributed by atoms with E-state index in [-0.39, 0.29) is 6.61 Å². The molecule has 0 radical (unpaired) electrons. The Labute approximate surface area is 107 Å². The Bertz CT molecular complexity index is 389. The molecule has 0 spiro atoms. The first-order valence-electron chi connectivity index (χ1n) is 5.46. The monoisotopic (exact) mass is 281 g/mol. The standard InChI is InChI=1S/C10H19NO6S/c1-5-17-10(13)7-18(14,15)11(8(2)3)6-9(12)16-4/h8H,5-7H2,1-4H3. The topological polar surface area (TPSA) is 90.0 Å². The van der Waals surface area contributed by atoms with Crippen LogP contribution >= 0.6 is 0 Å². The van der Waals surface area contributed by atoms with E-state index < -0.39 is 40.3 Å². The molecule has 0 aliphatic rings. The van der Waals surface area contributed by atoms with Gasteiger partial charge in [-0.2, -0.15) is 4.31 Å². The lowest BCUT2D eigenvalue weighted by molar-refractivity contribution is -0.142. The van der Waals surface area contributed by atoms with Crippen molar-refractivity contribution in [3.8, 4) is 0 Å². The molecule has 0 atom stereocenters. The zero-order chi connectivity index (χ0) is 14.3. The number of sulfonamides is 1. The number of rotatable bonds is 7. The highest BCUT2D eigenvalue weighted by Gasteiger charge is 2.30. The van der Waals surface area contributed by atoms with Gasteiger partial charge in [0.25, 0.3) is 0 Å². The van der Waals surface area contributed by atoms with E-state index in [2.05, 4.69) is 9.47 Å². The molecule has 106 valence electrons. The summed E-state index contributed by atoms with van der Waals surface area (Å²) >= 11 is 0. The molecule has 0 heterocycles. The molecule has 0 N–H and O–H groups in total. The Kier molecular flexibility index (Phi) is 6.85. The molecule has 0 saturated heterocycles. The van der Waals surface area contributed by atoms with Crippen molar-refractivity contribution in [1.82, 2.24) is 4.31 Å². The van der Waals surface area contributed by atoms with Crippen LogP contribution in [0.15, 0.2) is 0 Å². The molecule has 0 saturated carbocycles. The van der Waals surface area contributed by atoms with Gasteiger partial charge >= 0.3 is 11.9 Å². The van der Waals surface area contributed by atoms with Crippen LogP contribution < -0.4 is 0 Å². The zero-order valence-corrected chi connectivity index (χ0v) is 11.8. The molecule has 0 aliphatic carbocycles. The molecule has 0 aromatic heterocycles. The first-order chi connectivity index (χ1) is 8.24. The Balaban J connectivity index is 4.88. The third-order valence-corrected chi connectivity index (χ3v) is 3.92. The molecular formula is C10H19NO6S. The summed E-state index contributed by atoms with van der Waals surface area (Å²) in [6, 6.07) is -0.455. The predicted molar refractivity (Wildman–Crippen MR) is 64.3 cm³/mol. The van der Waals surface area contributed by atoms with Crippen LogP contribution in [0.25, 0.3) is 0 Å². The van der Waals surface area contributed by atoms with Crippen LogP contribution in [0.1, 0.15) is 20.8 Å². The Morgan fingerprint density at radius 1 is 1.22 bits per heavy atom. The van der Waals surface area contributed by atoms with Gasteiger partial charge in [0.05, 0.1) is 13.7 Å². The van der Waals surface area contributed by atoms with Gasteiger partial charge in [-0.15, -0.1) is 0 Å². The maximum Gasteiger partial charge on any atom is 0.322 e. The van der Waals surface area contributed by atoms with Gasteiger partial charge in [0, 0.05) is 6.04 Å². The Morgan fingerprint density at radius 3 is 2.17 bits per heavy atom. The van der Waals surface area contributed by atoms with Gasteiger partial charge in [-0.1, -0.05) is 0 Å².